The van der Waals surface area contributed by atoms with Gasteiger partial charge < -0.3 is 5.11 Å². The highest BCUT2D eigenvalue weighted by molar-refractivity contribution is 6.10. The summed E-state index contributed by atoms with van der Waals surface area (Å²) in [7, 11) is 0. The zero-order chi connectivity index (χ0) is 16.2. The molecule has 4 heteroatoms. The third-order valence-corrected chi connectivity index (χ3v) is 3.71. The lowest BCUT2D eigenvalue weighted by atomic mass is 10.0. The number of benzene rings is 2. The van der Waals surface area contributed by atoms with E-state index in [1.54, 1.807) is 0 Å². The molecule has 0 bridgehead atoms. The summed E-state index contributed by atoms with van der Waals surface area (Å²) in [5, 5.41) is 10.7. The lowest BCUT2D eigenvalue weighted by Crippen LogP contribution is -2.41. The van der Waals surface area contributed by atoms with Crippen molar-refractivity contribution in [1.82, 2.24) is 0 Å². The van der Waals surface area contributed by atoms with Crippen LogP contribution in [0.4, 0.5) is 0 Å². The second-order valence-corrected chi connectivity index (χ2v) is 5.36. The summed E-state index contributed by atoms with van der Waals surface area (Å²) < 4.78 is 1.82. The quantitative estimate of drug-likeness (QED) is 0.448. The van der Waals surface area contributed by atoms with E-state index in [4.69, 9.17) is 5.11 Å². The molecule has 0 unspecified atom stereocenters. The van der Waals surface area contributed by atoms with Crippen LogP contribution < -0.4 is 4.57 Å². The number of aromatic nitrogens is 1. The van der Waals surface area contributed by atoms with E-state index in [0.717, 1.165) is 16.3 Å². The van der Waals surface area contributed by atoms with Crippen LogP contribution in [0.25, 0.3) is 10.8 Å². The largest absolute Gasteiger partial charge is 0.481 e. The first kappa shape index (κ1) is 14.9. The fraction of sp³-hybridized carbons (Fsp3) is 0.105. The zero-order valence-corrected chi connectivity index (χ0v) is 12.5. The van der Waals surface area contributed by atoms with Gasteiger partial charge in [0, 0.05) is 11.6 Å². The predicted molar refractivity (Wildman–Crippen MR) is 86.3 cm³/mol. The van der Waals surface area contributed by atoms with Crippen LogP contribution in [0, 0.1) is 0 Å². The van der Waals surface area contributed by atoms with E-state index >= 15 is 0 Å². The maximum atomic E-state index is 12.5. The van der Waals surface area contributed by atoms with Crippen molar-refractivity contribution < 1.29 is 19.3 Å². The Labute approximate surface area is 133 Å². The van der Waals surface area contributed by atoms with Gasteiger partial charge in [0.2, 0.25) is 5.78 Å². The molecule has 4 nitrogen and oxygen atoms in total. The Morgan fingerprint density at radius 2 is 1.61 bits per heavy atom. The summed E-state index contributed by atoms with van der Waals surface area (Å²) >= 11 is 0. The molecule has 0 radical (unpaired) electrons. The Morgan fingerprint density at radius 3 is 2.35 bits per heavy atom. The van der Waals surface area contributed by atoms with E-state index in [1.807, 2.05) is 71.4 Å². The minimum Gasteiger partial charge on any atom is -0.481 e. The Bertz CT molecular complexity index is 872. The van der Waals surface area contributed by atoms with Crippen molar-refractivity contribution in [2.45, 2.75) is 13.0 Å². The van der Waals surface area contributed by atoms with Gasteiger partial charge in [0.15, 0.2) is 12.7 Å². The van der Waals surface area contributed by atoms with Crippen LogP contribution in [0.1, 0.15) is 22.5 Å². The topological polar surface area (TPSA) is 58.2 Å². The standard InChI is InChI=1S/C19H15NO3/c21-17(12-18(22)23)19-16-9-5-4-8-15(16)10-11-20(19)13-14-6-2-1-3-7-14/h1-11H,12-13H2/p+1. The number of Topliss-reactive ketones (excluding diaryl/α,β-unsaturated/α-hetero) is 1. The average Bonchev–Trinajstić information content (AvgIpc) is 2.55. The van der Waals surface area contributed by atoms with Crippen molar-refractivity contribution in [2.24, 2.45) is 0 Å². The molecule has 0 amide bonds. The van der Waals surface area contributed by atoms with Crippen molar-refractivity contribution in [1.29, 1.82) is 0 Å². The van der Waals surface area contributed by atoms with Gasteiger partial charge in [0.1, 0.15) is 6.42 Å². The summed E-state index contributed by atoms with van der Waals surface area (Å²) in [5.74, 6) is -1.50. The lowest BCUT2D eigenvalue weighted by molar-refractivity contribution is -0.688. The van der Waals surface area contributed by atoms with Gasteiger partial charge >= 0.3 is 5.97 Å². The molecular formula is C19H16NO3+. The fourth-order valence-electron chi connectivity index (χ4n) is 2.70. The van der Waals surface area contributed by atoms with Gasteiger partial charge in [-0.2, -0.15) is 4.57 Å². The van der Waals surface area contributed by atoms with Gasteiger partial charge in [0.05, 0.1) is 5.39 Å². The minimum absolute atomic E-state index is 0.384. The second kappa shape index (κ2) is 6.40. The molecular weight excluding hydrogens is 290 g/mol. The molecule has 0 spiro atoms. The van der Waals surface area contributed by atoms with Crippen LogP contribution in [-0.2, 0) is 11.3 Å². The van der Waals surface area contributed by atoms with E-state index < -0.39 is 12.4 Å². The third kappa shape index (κ3) is 3.26. The van der Waals surface area contributed by atoms with Gasteiger partial charge in [-0.1, -0.05) is 48.5 Å². The van der Waals surface area contributed by atoms with Crippen molar-refractivity contribution in [2.75, 3.05) is 0 Å². The Hall–Kier alpha value is -3.01. The number of carboxylic acid groups (broad SMARTS) is 1. The molecule has 0 aliphatic rings. The minimum atomic E-state index is -1.12. The van der Waals surface area contributed by atoms with Gasteiger partial charge in [0.25, 0.3) is 5.69 Å². The molecule has 0 fully saturated rings. The van der Waals surface area contributed by atoms with Crippen LogP contribution in [0.15, 0.2) is 66.9 Å². The fourth-order valence-corrected chi connectivity index (χ4v) is 2.70. The number of hydrogen-bond donors (Lipinski definition) is 1. The summed E-state index contributed by atoms with van der Waals surface area (Å²) in [5.41, 5.74) is 1.49. The van der Waals surface area contributed by atoms with E-state index in [1.165, 1.54) is 0 Å². The molecule has 114 valence electrons. The van der Waals surface area contributed by atoms with Crippen molar-refractivity contribution in [3.05, 3.63) is 78.1 Å². The SMILES string of the molecule is O=C(O)CC(=O)c1c2ccccc2cc[n+]1Cc1ccccc1. The van der Waals surface area contributed by atoms with Crippen LogP contribution in [0.3, 0.4) is 0 Å². The van der Waals surface area contributed by atoms with E-state index in [-0.39, 0.29) is 5.78 Å². The third-order valence-electron chi connectivity index (χ3n) is 3.71. The molecule has 2 aromatic carbocycles. The number of carbonyl (C=O) groups excluding carboxylic acids is 1. The van der Waals surface area contributed by atoms with Crippen LogP contribution in [0.2, 0.25) is 0 Å². The number of pyridine rings is 1. The van der Waals surface area contributed by atoms with Crippen molar-refractivity contribution in [3.63, 3.8) is 0 Å². The number of hydrogen-bond acceptors (Lipinski definition) is 2. The maximum absolute atomic E-state index is 12.5. The lowest BCUT2D eigenvalue weighted by Gasteiger charge is -2.06. The molecule has 0 atom stereocenters. The number of rotatable bonds is 5. The highest BCUT2D eigenvalue weighted by atomic mass is 16.4. The van der Waals surface area contributed by atoms with E-state index in [2.05, 4.69) is 0 Å². The van der Waals surface area contributed by atoms with E-state index in [9.17, 15) is 9.59 Å². The van der Waals surface area contributed by atoms with E-state index in [0.29, 0.717) is 12.2 Å². The highest BCUT2D eigenvalue weighted by Crippen LogP contribution is 2.17. The van der Waals surface area contributed by atoms with Gasteiger partial charge in [-0.05, 0) is 11.5 Å². The molecule has 1 N–H and O–H groups in total. The summed E-state index contributed by atoms with van der Waals surface area (Å²) in [6.45, 7) is 0.520. The average molecular weight is 306 g/mol. The van der Waals surface area contributed by atoms with Crippen LogP contribution in [0.5, 0.6) is 0 Å². The zero-order valence-electron chi connectivity index (χ0n) is 12.5. The predicted octanol–water partition coefficient (Wildman–Crippen LogP) is 2.83. The molecule has 0 saturated carbocycles. The molecule has 0 aliphatic heterocycles. The Kier molecular flexibility index (Phi) is 4.15. The molecule has 23 heavy (non-hydrogen) atoms. The summed E-state index contributed by atoms with van der Waals surface area (Å²) in [6.07, 6.45) is 1.33. The highest BCUT2D eigenvalue weighted by Gasteiger charge is 2.25. The van der Waals surface area contributed by atoms with Gasteiger partial charge in [-0.3, -0.25) is 9.59 Å². The summed E-state index contributed by atoms with van der Waals surface area (Å²) in [6, 6.07) is 19.2. The maximum Gasteiger partial charge on any atom is 0.311 e. The van der Waals surface area contributed by atoms with Crippen molar-refractivity contribution in [3.8, 4) is 0 Å². The van der Waals surface area contributed by atoms with Crippen molar-refractivity contribution >= 4 is 22.5 Å². The number of carboxylic acids is 1. The number of aliphatic carboxylic acids is 1. The van der Waals surface area contributed by atoms with Gasteiger partial charge in [-0.25, -0.2) is 0 Å². The second-order valence-electron chi connectivity index (χ2n) is 5.36. The number of carbonyl (C=O) groups is 2. The number of ketones is 1. The Balaban J connectivity index is 2.13. The molecule has 1 heterocycles. The normalized spacial score (nSPS) is 10.6. The van der Waals surface area contributed by atoms with Gasteiger partial charge in [-0.15, -0.1) is 0 Å². The van der Waals surface area contributed by atoms with Crippen LogP contribution >= 0.6 is 0 Å². The summed E-state index contributed by atoms with van der Waals surface area (Å²) in [4.78, 5) is 23.4. The molecule has 0 saturated heterocycles. The van der Waals surface area contributed by atoms with Crippen LogP contribution in [-0.4, -0.2) is 16.9 Å². The smallest absolute Gasteiger partial charge is 0.311 e. The number of nitrogens with zero attached hydrogens (tertiary/aromatic N) is 1. The molecule has 0 aliphatic carbocycles. The first-order valence-electron chi connectivity index (χ1n) is 7.35. The Morgan fingerprint density at radius 1 is 0.913 bits per heavy atom. The first-order valence-corrected chi connectivity index (χ1v) is 7.35. The molecule has 3 aromatic rings. The molecule has 1 aromatic heterocycles. The monoisotopic (exact) mass is 306 g/mol. The number of fused-ring (bicyclic) bond motifs is 1. The first-order chi connectivity index (χ1) is 11.1. The molecule has 3 rings (SSSR count).